The van der Waals surface area contributed by atoms with Crippen LogP contribution in [0.1, 0.15) is 17.1 Å². The van der Waals surface area contributed by atoms with Gasteiger partial charge in [-0.1, -0.05) is 0 Å². The highest BCUT2D eigenvalue weighted by molar-refractivity contribution is 5.81. The van der Waals surface area contributed by atoms with Crippen molar-refractivity contribution in [3.05, 3.63) is 23.3 Å². The van der Waals surface area contributed by atoms with Crippen molar-refractivity contribution in [2.75, 3.05) is 6.54 Å². The molecule has 11 heavy (non-hydrogen) atoms. The zero-order valence-electron chi connectivity index (χ0n) is 6.41. The average Bonchev–Trinajstić information content (AvgIpc) is 2.04. The summed E-state index contributed by atoms with van der Waals surface area (Å²) in [5, 5.41) is 0. The van der Waals surface area contributed by atoms with E-state index in [-0.39, 0.29) is 0 Å². The summed E-state index contributed by atoms with van der Waals surface area (Å²) >= 11 is 0. The number of rotatable bonds is 0. The Morgan fingerprint density at radius 1 is 1.45 bits per heavy atom. The van der Waals surface area contributed by atoms with Crippen LogP contribution < -0.4 is 0 Å². The van der Waals surface area contributed by atoms with Crippen LogP contribution in [0.3, 0.4) is 0 Å². The number of nitrogens with zero attached hydrogens (tertiary/aromatic N) is 3. The van der Waals surface area contributed by atoms with E-state index in [1.54, 1.807) is 0 Å². The minimum atomic E-state index is 0.846. The summed E-state index contributed by atoms with van der Waals surface area (Å²) in [4.78, 5) is 12.5. The van der Waals surface area contributed by atoms with Crippen LogP contribution in [-0.2, 0) is 6.42 Å². The van der Waals surface area contributed by atoms with Gasteiger partial charge in [0.15, 0.2) is 0 Å². The van der Waals surface area contributed by atoms with Crippen LogP contribution in [-0.4, -0.2) is 22.7 Å². The van der Waals surface area contributed by atoms with Gasteiger partial charge in [0.25, 0.3) is 0 Å². The van der Waals surface area contributed by atoms with E-state index in [0.29, 0.717) is 0 Å². The minimum absolute atomic E-state index is 0.846. The molecule has 0 N–H and O–H groups in total. The highest BCUT2D eigenvalue weighted by atomic mass is 14.9. The minimum Gasteiger partial charge on any atom is -0.292 e. The number of fused-ring (bicyclic) bond motifs is 1. The molecule has 1 aliphatic rings. The number of aliphatic imine (C=N–C) groups is 1. The molecule has 0 spiro atoms. The third kappa shape index (κ3) is 1.13. The van der Waals surface area contributed by atoms with Crippen molar-refractivity contribution >= 4 is 6.21 Å². The van der Waals surface area contributed by atoms with Gasteiger partial charge in [0.2, 0.25) is 0 Å². The first-order valence-corrected chi connectivity index (χ1v) is 3.68. The van der Waals surface area contributed by atoms with Gasteiger partial charge in [-0.3, -0.25) is 4.99 Å². The van der Waals surface area contributed by atoms with Crippen molar-refractivity contribution in [2.45, 2.75) is 13.3 Å². The Morgan fingerprint density at radius 3 is 3.27 bits per heavy atom. The Hall–Kier alpha value is -1.25. The van der Waals surface area contributed by atoms with Gasteiger partial charge in [-0.05, 0) is 6.92 Å². The molecule has 0 bridgehead atoms. The summed E-state index contributed by atoms with van der Waals surface area (Å²) in [6.45, 7) is 2.77. The summed E-state index contributed by atoms with van der Waals surface area (Å²) in [5.41, 5.74) is 2.20. The number of aromatic nitrogens is 2. The van der Waals surface area contributed by atoms with Crippen molar-refractivity contribution in [3.63, 3.8) is 0 Å². The fraction of sp³-hybridized carbons (Fsp3) is 0.375. The van der Waals surface area contributed by atoms with E-state index < -0.39 is 0 Å². The molecular formula is C8H9N3. The van der Waals surface area contributed by atoms with Crippen LogP contribution in [0.4, 0.5) is 0 Å². The van der Waals surface area contributed by atoms with Crippen LogP contribution in [0, 0.1) is 6.92 Å². The Bertz CT molecular complexity index is 304. The van der Waals surface area contributed by atoms with E-state index >= 15 is 0 Å². The second-order valence-corrected chi connectivity index (χ2v) is 2.60. The molecule has 1 aromatic heterocycles. The molecule has 0 unspecified atom stereocenters. The molecule has 2 rings (SSSR count). The van der Waals surface area contributed by atoms with Crippen molar-refractivity contribution in [1.82, 2.24) is 9.97 Å². The van der Waals surface area contributed by atoms with E-state index in [2.05, 4.69) is 15.0 Å². The lowest BCUT2D eigenvalue weighted by molar-refractivity contribution is 0.870. The van der Waals surface area contributed by atoms with Crippen LogP contribution in [0.2, 0.25) is 0 Å². The lowest BCUT2D eigenvalue weighted by atomic mass is 10.1. The van der Waals surface area contributed by atoms with Gasteiger partial charge in [0.05, 0.1) is 5.69 Å². The van der Waals surface area contributed by atoms with Crippen LogP contribution >= 0.6 is 0 Å². The quantitative estimate of drug-likeness (QED) is 0.543. The highest BCUT2D eigenvalue weighted by Gasteiger charge is 2.06. The molecule has 0 saturated heterocycles. The Morgan fingerprint density at radius 2 is 2.36 bits per heavy atom. The van der Waals surface area contributed by atoms with Crippen LogP contribution in [0.5, 0.6) is 0 Å². The molecule has 1 aromatic rings. The maximum absolute atomic E-state index is 4.31. The third-order valence-corrected chi connectivity index (χ3v) is 1.73. The Kier molecular flexibility index (Phi) is 1.42. The van der Waals surface area contributed by atoms with Gasteiger partial charge in [0, 0.05) is 30.9 Å². The standard InChI is InChI=1S/C8H9N3/c1-6-10-5-7-4-9-3-2-8(7)11-6/h4-5H,2-3H2,1H3. The highest BCUT2D eigenvalue weighted by Crippen LogP contribution is 2.07. The van der Waals surface area contributed by atoms with Crippen molar-refractivity contribution in [1.29, 1.82) is 0 Å². The predicted octanol–water partition coefficient (Wildman–Crippen LogP) is 0.760. The lowest BCUT2D eigenvalue weighted by Gasteiger charge is -2.07. The van der Waals surface area contributed by atoms with Crippen molar-refractivity contribution < 1.29 is 0 Å². The second kappa shape index (κ2) is 2.42. The molecule has 2 heterocycles. The number of hydrogen-bond donors (Lipinski definition) is 0. The molecule has 1 aliphatic heterocycles. The summed E-state index contributed by atoms with van der Waals surface area (Å²) < 4.78 is 0. The molecule has 56 valence electrons. The Balaban J connectivity index is 2.53. The summed E-state index contributed by atoms with van der Waals surface area (Å²) in [7, 11) is 0. The molecule has 3 heteroatoms. The molecular weight excluding hydrogens is 138 g/mol. The first-order chi connectivity index (χ1) is 5.36. The zero-order chi connectivity index (χ0) is 7.68. The second-order valence-electron chi connectivity index (χ2n) is 2.60. The van der Waals surface area contributed by atoms with Crippen molar-refractivity contribution in [2.24, 2.45) is 4.99 Å². The molecule has 0 aromatic carbocycles. The molecule has 0 fully saturated rings. The fourth-order valence-corrected chi connectivity index (χ4v) is 1.17. The summed E-state index contributed by atoms with van der Waals surface area (Å²) in [6.07, 6.45) is 4.63. The number of hydrogen-bond acceptors (Lipinski definition) is 3. The van der Waals surface area contributed by atoms with Crippen molar-refractivity contribution in [3.8, 4) is 0 Å². The molecule has 0 radical (unpaired) electrons. The zero-order valence-corrected chi connectivity index (χ0v) is 6.41. The molecule has 0 aliphatic carbocycles. The van der Waals surface area contributed by atoms with Gasteiger partial charge >= 0.3 is 0 Å². The average molecular weight is 147 g/mol. The maximum Gasteiger partial charge on any atom is 0.125 e. The van der Waals surface area contributed by atoms with Gasteiger partial charge in [-0.2, -0.15) is 0 Å². The molecule has 3 nitrogen and oxygen atoms in total. The van der Waals surface area contributed by atoms with E-state index in [0.717, 1.165) is 30.0 Å². The van der Waals surface area contributed by atoms with Crippen LogP contribution in [0.25, 0.3) is 0 Å². The topological polar surface area (TPSA) is 38.1 Å². The lowest BCUT2D eigenvalue weighted by Crippen LogP contribution is -2.07. The van der Waals surface area contributed by atoms with Gasteiger partial charge in [0.1, 0.15) is 5.82 Å². The molecule has 0 saturated carbocycles. The first kappa shape index (κ1) is 6.46. The molecule has 0 amide bonds. The summed E-state index contributed by atoms with van der Waals surface area (Å²) in [5.74, 6) is 0.846. The smallest absolute Gasteiger partial charge is 0.125 e. The van der Waals surface area contributed by atoms with E-state index in [9.17, 15) is 0 Å². The monoisotopic (exact) mass is 147 g/mol. The van der Waals surface area contributed by atoms with Gasteiger partial charge < -0.3 is 0 Å². The summed E-state index contributed by atoms with van der Waals surface area (Å²) in [6, 6.07) is 0. The fourth-order valence-electron chi connectivity index (χ4n) is 1.17. The van der Waals surface area contributed by atoms with E-state index in [1.807, 2.05) is 19.3 Å². The Labute approximate surface area is 65.2 Å². The maximum atomic E-state index is 4.31. The number of aryl methyl sites for hydroxylation is 1. The molecule has 0 atom stereocenters. The largest absolute Gasteiger partial charge is 0.292 e. The van der Waals surface area contributed by atoms with E-state index in [4.69, 9.17) is 0 Å². The third-order valence-electron chi connectivity index (χ3n) is 1.73. The SMILES string of the molecule is Cc1ncc2c(n1)CCN=C2. The van der Waals surface area contributed by atoms with Crippen LogP contribution in [0.15, 0.2) is 11.2 Å². The van der Waals surface area contributed by atoms with Gasteiger partial charge in [-0.25, -0.2) is 9.97 Å². The van der Waals surface area contributed by atoms with Gasteiger partial charge in [-0.15, -0.1) is 0 Å². The predicted molar refractivity (Wildman–Crippen MR) is 42.9 cm³/mol. The first-order valence-electron chi connectivity index (χ1n) is 3.68. The normalized spacial score (nSPS) is 14.6. The van der Waals surface area contributed by atoms with E-state index in [1.165, 1.54) is 0 Å².